The highest BCUT2D eigenvalue weighted by Gasteiger charge is 2.32. The van der Waals surface area contributed by atoms with Crippen molar-refractivity contribution in [3.8, 4) is 5.75 Å². The second kappa shape index (κ2) is 9.18. The Kier molecular flexibility index (Phi) is 6.34. The first kappa shape index (κ1) is 22.1. The predicted molar refractivity (Wildman–Crippen MR) is 112 cm³/mol. The van der Waals surface area contributed by atoms with E-state index in [2.05, 4.69) is 10.2 Å². The molecule has 3 aromatic rings. The van der Waals surface area contributed by atoms with Crippen LogP contribution in [0.15, 0.2) is 42.6 Å². The lowest BCUT2D eigenvalue weighted by Gasteiger charge is -2.32. The molecule has 1 aliphatic rings. The fourth-order valence-electron chi connectivity index (χ4n) is 4.05. The van der Waals surface area contributed by atoms with Crippen LogP contribution in [0.3, 0.4) is 0 Å². The predicted octanol–water partition coefficient (Wildman–Crippen LogP) is 4.62. The minimum absolute atomic E-state index is 0.0212. The van der Waals surface area contributed by atoms with Crippen molar-refractivity contribution in [3.63, 3.8) is 0 Å². The van der Waals surface area contributed by atoms with Gasteiger partial charge < -0.3 is 9.64 Å². The van der Waals surface area contributed by atoms with Crippen LogP contribution in [-0.2, 0) is 11.0 Å². The van der Waals surface area contributed by atoms with Crippen molar-refractivity contribution in [2.24, 2.45) is 0 Å². The summed E-state index contributed by atoms with van der Waals surface area (Å²) in [4.78, 5) is 14.5. The summed E-state index contributed by atoms with van der Waals surface area (Å²) in [6.45, 7) is 3.48. The lowest BCUT2D eigenvalue weighted by atomic mass is 9.96. The first-order valence-electron chi connectivity index (χ1n) is 10.7. The summed E-state index contributed by atoms with van der Waals surface area (Å²) < 4.78 is 46.5. The molecule has 1 amide bonds. The van der Waals surface area contributed by atoms with Crippen molar-refractivity contribution in [2.75, 3.05) is 19.7 Å². The topological polar surface area (TPSA) is 59.7 Å². The first-order valence-corrected chi connectivity index (χ1v) is 10.7. The number of fused-ring (bicyclic) bond motifs is 1. The van der Waals surface area contributed by atoms with E-state index >= 15 is 0 Å². The molecule has 1 fully saturated rings. The number of para-hydroxylation sites is 1. The minimum Gasteiger partial charge on any atom is -0.493 e. The van der Waals surface area contributed by atoms with E-state index in [9.17, 15) is 18.0 Å². The highest BCUT2D eigenvalue weighted by Crippen LogP contribution is 2.31. The number of rotatable bonds is 6. The van der Waals surface area contributed by atoms with Crippen LogP contribution in [0.25, 0.3) is 5.65 Å². The van der Waals surface area contributed by atoms with Gasteiger partial charge in [-0.25, -0.2) is 0 Å². The molecule has 6 nitrogen and oxygen atoms in total. The molecular weight excluding hydrogens is 421 g/mol. The van der Waals surface area contributed by atoms with Crippen LogP contribution in [0.2, 0.25) is 0 Å². The number of nitrogens with zero attached hydrogens (tertiary/aromatic N) is 4. The van der Waals surface area contributed by atoms with Crippen LogP contribution >= 0.6 is 0 Å². The van der Waals surface area contributed by atoms with Gasteiger partial charge in [0.15, 0.2) is 5.65 Å². The Hall–Kier alpha value is -3.10. The van der Waals surface area contributed by atoms with E-state index in [1.165, 1.54) is 10.5 Å². The summed E-state index contributed by atoms with van der Waals surface area (Å²) in [6.07, 6.45) is -0.936. The molecule has 0 radical (unpaired) electrons. The third kappa shape index (κ3) is 4.87. The second-order valence-electron chi connectivity index (χ2n) is 8.10. The molecule has 0 spiro atoms. The van der Waals surface area contributed by atoms with Gasteiger partial charge in [-0.3, -0.25) is 9.20 Å². The molecule has 170 valence electrons. The quantitative estimate of drug-likeness (QED) is 0.519. The number of carbonyl (C=O) groups excluding carboxylic acids is 1. The molecule has 9 heteroatoms. The van der Waals surface area contributed by atoms with Crippen molar-refractivity contribution in [2.45, 2.75) is 44.7 Å². The first-order chi connectivity index (χ1) is 15.3. The Bertz CT molecular complexity index is 1100. The zero-order valence-corrected chi connectivity index (χ0v) is 17.8. The SMILES string of the molecule is Cc1ccccc1OCCCC(=O)N1CCCC(c2nnc3ccc(C(F)(F)F)cn23)C1. The number of ether oxygens (including phenoxy) is 1. The van der Waals surface area contributed by atoms with Crippen molar-refractivity contribution < 1.29 is 22.7 Å². The van der Waals surface area contributed by atoms with Crippen molar-refractivity contribution in [3.05, 3.63) is 59.5 Å². The molecule has 0 aliphatic carbocycles. The highest BCUT2D eigenvalue weighted by molar-refractivity contribution is 5.76. The smallest absolute Gasteiger partial charge is 0.417 e. The van der Waals surface area contributed by atoms with E-state index in [1.807, 2.05) is 31.2 Å². The average Bonchev–Trinajstić information content (AvgIpc) is 3.20. The molecule has 3 heterocycles. The number of halogens is 3. The molecule has 1 saturated heterocycles. The van der Waals surface area contributed by atoms with E-state index in [-0.39, 0.29) is 11.8 Å². The van der Waals surface area contributed by atoms with Gasteiger partial charge in [0.25, 0.3) is 0 Å². The van der Waals surface area contributed by atoms with Crippen LogP contribution in [0.1, 0.15) is 48.6 Å². The zero-order valence-electron chi connectivity index (χ0n) is 17.8. The summed E-state index contributed by atoms with van der Waals surface area (Å²) in [5.74, 6) is 1.14. The van der Waals surface area contributed by atoms with E-state index in [4.69, 9.17) is 4.74 Å². The van der Waals surface area contributed by atoms with Crippen LogP contribution < -0.4 is 4.74 Å². The number of amides is 1. The van der Waals surface area contributed by atoms with E-state index in [0.717, 1.165) is 36.4 Å². The monoisotopic (exact) mass is 446 g/mol. The summed E-state index contributed by atoms with van der Waals surface area (Å²) in [6, 6.07) is 10.1. The lowest BCUT2D eigenvalue weighted by molar-refractivity contribution is -0.137. The number of aryl methyl sites for hydroxylation is 1. The lowest BCUT2D eigenvalue weighted by Crippen LogP contribution is -2.39. The normalized spacial score (nSPS) is 17.0. The van der Waals surface area contributed by atoms with Gasteiger partial charge >= 0.3 is 6.18 Å². The molecule has 1 aliphatic heterocycles. The van der Waals surface area contributed by atoms with Gasteiger partial charge in [-0.1, -0.05) is 18.2 Å². The Morgan fingerprint density at radius 2 is 2.00 bits per heavy atom. The van der Waals surface area contributed by atoms with Gasteiger partial charge in [-0.15, -0.1) is 10.2 Å². The summed E-state index contributed by atoms with van der Waals surface area (Å²) in [7, 11) is 0. The number of hydrogen-bond acceptors (Lipinski definition) is 4. The number of hydrogen-bond donors (Lipinski definition) is 0. The molecule has 2 aromatic heterocycles. The molecule has 1 atom stereocenters. The summed E-state index contributed by atoms with van der Waals surface area (Å²) in [5, 5.41) is 8.15. The molecule has 0 saturated carbocycles. The maximum atomic E-state index is 13.1. The number of likely N-dealkylation sites (tertiary alicyclic amines) is 1. The molecular formula is C23H25F3N4O2. The van der Waals surface area contributed by atoms with Gasteiger partial charge in [0.2, 0.25) is 5.91 Å². The van der Waals surface area contributed by atoms with Gasteiger partial charge in [-0.2, -0.15) is 13.2 Å². The van der Waals surface area contributed by atoms with Gasteiger partial charge in [0.1, 0.15) is 11.6 Å². The number of piperidine rings is 1. The Balaban J connectivity index is 1.37. The summed E-state index contributed by atoms with van der Waals surface area (Å²) in [5.41, 5.74) is 0.667. The molecule has 0 bridgehead atoms. The van der Waals surface area contributed by atoms with Crippen molar-refractivity contribution >= 4 is 11.6 Å². The molecule has 32 heavy (non-hydrogen) atoms. The zero-order chi connectivity index (χ0) is 22.7. The van der Waals surface area contributed by atoms with Crippen LogP contribution in [-0.4, -0.2) is 45.1 Å². The van der Waals surface area contributed by atoms with Gasteiger partial charge in [0, 0.05) is 31.6 Å². The van der Waals surface area contributed by atoms with E-state index in [1.54, 1.807) is 4.90 Å². The number of carbonyl (C=O) groups is 1. The molecule has 4 rings (SSSR count). The van der Waals surface area contributed by atoms with Crippen LogP contribution in [0.5, 0.6) is 5.75 Å². The standard InChI is InChI=1S/C23H25F3N4O2/c1-16-6-2-3-8-19(16)32-13-5-9-21(31)29-12-4-7-17(14-29)22-28-27-20-11-10-18(15-30(20)22)23(24,25)26/h2-3,6,8,10-11,15,17H,4-5,7,9,12-14H2,1H3. The molecule has 0 N–H and O–H groups in total. The number of pyridine rings is 1. The van der Waals surface area contributed by atoms with Gasteiger partial charge in [-0.05, 0) is 49.9 Å². The summed E-state index contributed by atoms with van der Waals surface area (Å²) >= 11 is 0. The van der Waals surface area contributed by atoms with Crippen molar-refractivity contribution in [1.29, 1.82) is 0 Å². The Morgan fingerprint density at radius 1 is 1.19 bits per heavy atom. The highest BCUT2D eigenvalue weighted by atomic mass is 19.4. The fourth-order valence-corrected chi connectivity index (χ4v) is 4.05. The number of aromatic nitrogens is 3. The van der Waals surface area contributed by atoms with Crippen molar-refractivity contribution in [1.82, 2.24) is 19.5 Å². The second-order valence-corrected chi connectivity index (χ2v) is 8.10. The average molecular weight is 446 g/mol. The van der Waals surface area contributed by atoms with Crippen LogP contribution in [0, 0.1) is 6.92 Å². The van der Waals surface area contributed by atoms with Crippen LogP contribution in [0.4, 0.5) is 13.2 Å². The third-order valence-electron chi connectivity index (χ3n) is 5.78. The fraction of sp³-hybridized carbons (Fsp3) is 0.435. The number of alkyl halides is 3. The molecule has 1 unspecified atom stereocenters. The van der Waals surface area contributed by atoms with E-state index in [0.29, 0.717) is 44.0 Å². The van der Waals surface area contributed by atoms with Gasteiger partial charge in [0.05, 0.1) is 12.2 Å². The Labute approximate surface area is 184 Å². The van der Waals surface area contributed by atoms with E-state index < -0.39 is 11.7 Å². The number of benzene rings is 1. The largest absolute Gasteiger partial charge is 0.493 e. The molecule has 1 aromatic carbocycles. The maximum absolute atomic E-state index is 13.1. The third-order valence-corrected chi connectivity index (χ3v) is 5.78. The Morgan fingerprint density at radius 3 is 2.78 bits per heavy atom. The minimum atomic E-state index is -4.44. The maximum Gasteiger partial charge on any atom is 0.417 e.